The van der Waals surface area contributed by atoms with E-state index in [1.165, 1.54) is 5.56 Å². The summed E-state index contributed by atoms with van der Waals surface area (Å²) in [6.07, 6.45) is 2.11. The van der Waals surface area contributed by atoms with Gasteiger partial charge in [-0.1, -0.05) is 32.0 Å². The molecular formula is C14H21NOS. The summed E-state index contributed by atoms with van der Waals surface area (Å²) in [6, 6.07) is 6.63. The maximum absolute atomic E-state index is 12.3. The van der Waals surface area contributed by atoms with Crippen LogP contribution in [0.2, 0.25) is 0 Å². The highest BCUT2D eigenvalue weighted by Gasteiger charge is 2.30. The molecule has 1 N–H and O–H groups in total. The van der Waals surface area contributed by atoms with Crippen molar-refractivity contribution in [3.8, 4) is 0 Å². The molecule has 0 amide bonds. The molecule has 0 fully saturated rings. The summed E-state index contributed by atoms with van der Waals surface area (Å²) in [4.78, 5) is 1.07. The van der Waals surface area contributed by atoms with Crippen LogP contribution in [-0.2, 0) is 10.8 Å². The largest absolute Gasteiger partial charge is 0.310 e. The van der Waals surface area contributed by atoms with Crippen molar-refractivity contribution < 1.29 is 4.21 Å². The minimum atomic E-state index is -0.838. The number of hydrogen-bond acceptors (Lipinski definition) is 2. The fourth-order valence-electron chi connectivity index (χ4n) is 2.48. The van der Waals surface area contributed by atoms with Gasteiger partial charge in [0.2, 0.25) is 0 Å². The zero-order valence-electron chi connectivity index (χ0n) is 10.8. The fraction of sp³-hybridized carbons (Fsp3) is 0.571. The molecule has 1 aromatic rings. The molecule has 0 saturated heterocycles. The Morgan fingerprint density at radius 2 is 2.24 bits per heavy atom. The number of aryl methyl sites for hydroxylation is 1. The molecule has 3 unspecified atom stereocenters. The highest BCUT2D eigenvalue weighted by Crippen LogP contribution is 2.35. The predicted molar refractivity (Wildman–Crippen MR) is 72.7 cm³/mol. The summed E-state index contributed by atoms with van der Waals surface area (Å²) in [5.74, 6) is 0. The number of rotatable bonds is 3. The van der Waals surface area contributed by atoms with Gasteiger partial charge in [0.05, 0.1) is 10.8 Å². The van der Waals surface area contributed by atoms with E-state index in [9.17, 15) is 4.21 Å². The molecule has 2 rings (SSSR count). The van der Waals surface area contributed by atoms with E-state index in [1.54, 1.807) is 0 Å². The Morgan fingerprint density at radius 1 is 1.47 bits per heavy atom. The van der Waals surface area contributed by atoms with Crippen molar-refractivity contribution in [1.29, 1.82) is 0 Å². The van der Waals surface area contributed by atoms with Crippen LogP contribution in [0, 0.1) is 6.92 Å². The van der Waals surface area contributed by atoms with Gasteiger partial charge in [0.15, 0.2) is 0 Å². The molecule has 0 saturated carbocycles. The van der Waals surface area contributed by atoms with Crippen LogP contribution in [0.4, 0.5) is 0 Å². The van der Waals surface area contributed by atoms with Crippen LogP contribution < -0.4 is 5.32 Å². The van der Waals surface area contributed by atoms with Crippen molar-refractivity contribution >= 4 is 10.8 Å². The molecule has 1 heterocycles. The normalized spacial score (nSPS) is 27.8. The molecule has 2 nitrogen and oxygen atoms in total. The van der Waals surface area contributed by atoms with Crippen molar-refractivity contribution in [2.45, 2.75) is 49.8 Å². The van der Waals surface area contributed by atoms with Crippen LogP contribution >= 0.6 is 0 Å². The number of hydrogen-bond donors (Lipinski definition) is 1. The first-order chi connectivity index (χ1) is 8.15. The van der Waals surface area contributed by atoms with Crippen molar-refractivity contribution in [3.63, 3.8) is 0 Å². The van der Waals surface area contributed by atoms with Gasteiger partial charge in [-0.3, -0.25) is 4.21 Å². The average molecular weight is 251 g/mol. The Balaban J connectivity index is 2.39. The summed E-state index contributed by atoms with van der Waals surface area (Å²) >= 11 is 0. The van der Waals surface area contributed by atoms with Crippen molar-refractivity contribution in [1.82, 2.24) is 5.32 Å². The predicted octanol–water partition coefficient (Wildman–Crippen LogP) is 2.94. The first-order valence-electron chi connectivity index (χ1n) is 6.38. The minimum Gasteiger partial charge on any atom is -0.310 e. The van der Waals surface area contributed by atoms with E-state index < -0.39 is 10.8 Å². The lowest BCUT2D eigenvalue weighted by atomic mass is 9.99. The van der Waals surface area contributed by atoms with Crippen LogP contribution in [0.1, 0.15) is 43.9 Å². The Kier molecular flexibility index (Phi) is 4.00. The third kappa shape index (κ3) is 2.45. The van der Waals surface area contributed by atoms with E-state index in [-0.39, 0.29) is 5.25 Å². The highest BCUT2D eigenvalue weighted by molar-refractivity contribution is 7.85. The van der Waals surface area contributed by atoms with E-state index in [1.807, 2.05) is 0 Å². The Morgan fingerprint density at radius 3 is 2.94 bits per heavy atom. The summed E-state index contributed by atoms with van der Waals surface area (Å²) in [7, 11) is -0.838. The van der Waals surface area contributed by atoms with Gasteiger partial charge in [0.25, 0.3) is 0 Å². The summed E-state index contributed by atoms with van der Waals surface area (Å²) in [5.41, 5.74) is 2.41. The fourth-order valence-corrected chi connectivity index (χ4v) is 4.08. The quantitative estimate of drug-likeness (QED) is 0.895. The number of benzene rings is 1. The van der Waals surface area contributed by atoms with E-state index in [0.29, 0.717) is 6.04 Å². The van der Waals surface area contributed by atoms with Crippen LogP contribution in [-0.4, -0.2) is 16.0 Å². The molecule has 1 aliphatic heterocycles. The molecule has 0 bridgehead atoms. The first kappa shape index (κ1) is 12.8. The monoisotopic (exact) mass is 251 g/mol. The first-order valence-corrected chi connectivity index (χ1v) is 7.60. The van der Waals surface area contributed by atoms with Gasteiger partial charge < -0.3 is 5.32 Å². The van der Waals surface area contributed by atoms with Gasteiger partial charge >= 0.3 is 0 Å². The third-order valence-corrected chi connectivity index (χ3v) is 5.28. The molecule has 0 radical (unpaired) electrons. The summed E-state index contributed by atoms with van der Waals surface area (Å²) in [6.45, 7) is 7.35. The van der Waals surface area contributed by atoms with Gasteiger partial charge in [0, 0.05) is 16.2 Å². The van der Waals surface area contributed by atoms with E-state index in [4.69, 9.17) is 0 Å². The Labute approximate surface area is 106 Å². The van der Waals surface area contributed by atoms with Gasteiger partial charge in [0.1, 0.15) is 0 Å². The molecule has 94 valence electrons. The second-order valence-corrected chi connectivity index (χ2v) is 6.65. The van der Waals surface area contributed by atoms with Gasteiger partial charge in [-0.15, -0.1) is 0 Å². The summed E-state index contributed by atoms with van der Waals surface area (Å²) < 4.78 is 12.3. The van der Waals surface area contributed by atoms with E-state index >= 15 is 0 Å². The molecule has 1 aromatic carbocycles. The van der Waals surface area contributed by atoms with Crippen molar-refractivity contribution in [3.05, 3.63) is 29.3 Å². The Hall–Kier alpha value is -0.670. The van der Waals surface area contributed by atoms with Crippen LogP contribution in [0.5, 0.6) is 0 Å². The van der Waals surface area contributed by atoms with E-state index in [0.717, 1.165) is 29.8 Å². The standard InChI is InChI=1S/C14H21NOS/c1-4-8-15-13-9-11(3)17(16)14-10(2)6-5-7-12(13)14/h5-7,11,13,15H,4,8-9H2,1-3H3. The topological polar surface area (TPSA) is 29.1 Å². The highest BCUT2D eigenvalue weighted by atomic mass is 32.2. The maximum Gasteiger partial charge on any atom is 0.0564 e. The zero-order valence-corrected chi connectivity index (χ0v) is 11.6. The second-order valence-electron chi connectivity index (χ2n) is 4.84. The lowest BCUT2D eigenvalue weighted by Crippen LogP contribution is -2.32. The molecular weight excluding hydrogens is 230 g/mol. The molecule has 0 spiro atoms. The molecule has 3 heteroatoms. The van der Waals surface area contributed by atoms with Gasteiger partial charge in [-0.2, -0.15) is 0 Å². The van der Waals surface area contributed by atoms with Crippen molar-refractivity contribution in [2.75, 3.05) is 6.54 Å². The maximum atomic E-state index is 12.3. The lowest BCUT2D eigenvalue weighted by molar-refractivity contribution is 0.477. The number of nitrogens with one attached hydrogen (secondary N) is 1. The minimum absolute atomic E-state index is 0.248. The smallest absolute Gasteiger partial charge is 0.0564 e. The zero-order chi connectivity index (χ0) is 12.4. The third-order valence-electron chi connectivity index (χ3n) is 3.39. The summed E-state index contributed by atoms with van der Waals surface area (Å²) in [5, 5.41) is 3.82. The van der Waals surface area contributed by atoms with Gasteiger partial charge in [-0.05, 0) is 37.4 Å². The number of fused-ring (bicyclic) bond motifs is 1. The molecule has 17 heavy (non-hydrogen) atoms. The molecule has 3 atom stereocenters. The second kappa shape index (κ2) is 5.32. The van der Waals surface area contributed by atoms with Crippen LogP contribution in [0.3, 0.4) is 0 Å². The SMILES string of the molecule is CCCNC1CC(C)S(=O)c2c(C)cccc21. The van der Waals surface area contributed by atoms with Crippen LogP contribution in [0.15, 0.2) is 23.1 Å². The average Bonchev–Trinajstić information content (AvgIpc) is 2.32. The molecule has 1 aliphatic rings. The Bertz CT molecular complexity index is 430. The van der Waals surface area contributed by atoms with E-state index in [2.05, 4.69) is 44.3 Å². The van der Waals surface area contributed by atoms with Gasteiger partial charge in [-0.25, -0.2) is 0 Å². The van der Waals surface area contributed by atoms with Crippen LogP contribution in [0.25, 0.3) is 0 Å². The van der Waals surface area contributed by atoms with Crippen molar-refractivity contribution in [2.24, 2.45) is 0 Å². The molecule has 0 aromatic heterocycles. The molecule has 0 aliphatic carbocycles. The lowest BCUT2D eigenvalue weighted by Gasteiger charge is -2.31.